The standard InChI is InChI=1S/C12H16O3P/c1-8-6-9(2)12(10(3)7-8)11(13)4-5-15-16-14/h6-7,16H,4-5H2,1-3H3/q+1. The first-order chi connectivity index (χ1) is 7.56. The van der Waals surface area contributed by atoms with Crippen molar-refractivity contribution in [3.05, 3.63) is 34.4 Å². The Morgan fingerprint density at radius 1 is 1.25 bits per heavy atom. The highest BCUT2D eigenvalue weighted by Crippen LogP contribution is 2.18. The minimum absolute atomic E-state index is 0.0493. The molecule has 0 aliphatic heterocycles. The van der Waals surface area contributed by atoms with E-state index in [1.807, 2.05) is 32.9 Å². The molecule has 86 valence electrons. The van der Waals surface area contributed by atoms with Crippen LogP contribution in [0.2, 0.25) is 0 Å². The number of carbonyl (C=O) groups excluding carboxylic acids is 1. The molecule has 0 aliphatic rings. The third kappa shape index (κ3) is 3.22. The lowest BCUT2D eigenvalue weighted by molar-refractivity contribution is 0.0964. The summed E-state index contributed by atoms with van der Waals surface area (Å²) in [6.45, 7) is 6.09. The minimum Gasteiger partial charge on any atom is -0.294 e. The van der Waals surface area contributed by atoms with Gasteiger partial charge in [-0.3, -0.25) is 4.79 Å². The Morgan fingerprint density at radius 3 is 2.31 bits per heavy atom. The van der Waals surface area contributed by atoms with Crippen molar-refractivity contribution in [3.8, 4) is 0 Å². The number of ketones is 1. The molecule has 0 saturated carbocycles. The van der Waals surface area contributed by atoms with Crippen molar-refractivity contribution >= 4 is 14.5 Å². The molecule has 1 atom stereocenters. The van der Waals surface area contributed by atoms with Crippen LogP contribution in [0.25, 0.3) is 0 Å². The first kappa shape index (κ1) is 13.0. The van der Waals surface area contributed by atoms with Crippen molar-refractivity contribution in [2.24, 2.45) is 0 Å². The molecule has 3 nitrogen and oxygen atoms in total. The minimum atomic E-state index is -0.795. The molecule has 0 radical (unpaired) electrons. The molecule has 0 N–H and O–H groups in total. The van der Waals surface area contributed by atoms with E-state index >= 15 is 0 Å². The number of benzene rings is 1. The summed E-state index contributed by atoms with van der Waals surface area (Å²) < 4.78 is 14.8. The molecular formula is C12H16O3P+. The van der Waals surface area contributed by atoms with Gasteiger partial charge >= 0.3 is 8.69 Å². The van der Waals surface area contributed by atoms with Crippen molar-refractivity contribution in [1.82, 2.24) is 0 Å². The fourth-order valence-corrected chi connectivity index (χ4v) is 2.12. The van der Waals surface area contributed by atoms with Gasteiger partial charge in [-0.25, -0.2) is 0 Å². The Kier molecular flexibility index (Phi) is 4.78. The van der Waals surface area contributed by atoms with Crippen molar-refractivity contribution in [3.63, 3.8) is 0 Å². The molecular weight excluding hydrogens is 223 g/mol. The number of hydrogen-bond donors (Lipinski definition) is 0. The second kappa shape index (κ2) is 5.88. The fourth-order valence-electron chi connectivity index (χ4n) is 1.93. The van der Waals surface area contributed by atoms with Gasteiger partial charge in [0.05, 0.1) is 0 Å². The first-order valence-electron chi connectivity index (χ1n) is 5.16. The lowest BCUT2D eigenvalue weighted by Crippen LogP contribution is -2.07. The maximum atomic E-state index is 11.9. The molecule has 0 bridgehead atoms. The van der Waals surface area contributed by atoms with Gasteiger partial charge in [0.15, 0.2) is 5.78 Å². The van der Waals surface area contributed by atoms with Crippen molar-refractivity contribution in [1.29, 1.82) is 0 Å². The zero-order chi connectivity index (χ0) is 12.1. The SMILES string of the molecule is Cc1cc(C)c(C(=O)CCO[PH+]=O)c(C)c1. The molecule has 0 fully saturated rings. The van der Waals surface area contributed by atoms with Gasteiger partial charge in [0.1, 0.15) is 6.61 Å². The molecule has 0 aromatic heterocycles. The Morgan fingerprint density at radius 2 is 1.81 bits per heavy atom. The van der Waals surface area contributed by atoms with Crippen LogP contribution in [0.4, 0.5) is 0 Å². The zero-order valence-electron chi connectivity index (χ0n) is 9.79. The summed E-state index contributed by atoms with van der Waals surface area (Å²) in [5.41, 5.74) is 3.91. The Bertz CT molecular complexity index is 390. The van der Waals surface area contributed by atoms with Gasteiger partial charge in [-0.2, -0.15) is 0 Å². The average Bonchev–Trinajstić information content (AvgIpc) is 2.16. The van der Waals surface area contributed by atoms with E-state index in [-0.39, 0.29) is 18.8 Å². The van der Waals surface area contributed by atoms with Crippen LogP contribution in [-0.4, -0.2) is 12.4 Å². The Labute approximate surface area is 97.1 Å². The number of rotatable bonds is 5. The molecule has 1 rings (SSSR count). The Hall–Kier alpha value is -1.05. The van der Waals surface area contributed by atoms with E-state index < -0.39 is 8.69 Å². The third-order valence-electron chi connectivity index (χ3n) is 2.45. The van der Waals surface area contributed by atoms with Crippen LogP contribution in [0, 0.1) is 20.8 Å². The predicted molar refractivity (Wildman–Crippen MR) is 64.6 cm³/mol. The van der Waals surface area contributed by atoms with E-state index in [9.17, 15) is 9.36 Å². The van der Waals surface area contributed by atoms with Gasteiger partial charge < -0.3 is 0 Å². The lowest BCUT2D eigenvalue weighted by atomic mass is 9.95. The van der Waals surface area contributed by atoms with Crippen molar-refractivity contribution in [2.45, 2.75) is 27.2 Å². The average molecular weight is 239 g/mol. The summed E-state index contributed by atoms with van der Waals surface area (Å²) in [6.07, 6.45) is 0.278. The van der Waals surface area contributed by atoms with Gasteiger partial charge in [-0.05, 0) is 36.5 Å². The van der Waals surface area contributed by atoms with Crippen LogP contribution in [-0.2, 0) is 9.09 Å². The molecule has 0 aliphatic carbocycles. The van der Waals surface area contributed by atoms with Crippen molar-refractivity contribution in [2.75, 3.05) is 6.61 Å². The molecule has 0 amide bonds. The molecule has 1 unspecified atom stereocenters. The van der Waals surface area contributed by atoms with E-state index in [0.29, 0.717) is 0 Å². The summed E-state index contributed by atoms with van der Waals surface area (Å²) in [5, 5.41) is 0. The molecule has 0 saturated heterocycles. The number of Topliss-reactive ketones (excluding diaryl/α,β-unsaturated/α-hetero) is 1. The maximum absolute atomic E-state index is 11.9. The predicted octanol–water partition coefficient (Wildman–Crippen LogP) is 3.14. The van der Waals surface area contributed by atoms with Gasteiger partial charge in [0.2, 0.25) is 0 Å². The fraction of sp³-hybridized carbons (Fsp3) is 0.417. The molecule has 4 heteroatoms. The van der Waals surface area contributed by atoms with E-state index in [0.717, 1.165) is 22.3 Å². The summed E-state index contributed by atoms with van der Waals surface area (Å²) in [4.78, 5) is 11.9. The summed E-state index contributed by atoms with van der Waals surface area (Å²) in [5.74, 6) is 0.0493. The molecule has 0 heterocycles. The molecule has 0 spiro atoms. The van der Waals surface area contributed by atoms with Crippen LogP contribution in [0.3, 0.4) is 0 Å². The number of hydrogen-bond acceptors (Lipinski definition) is 3. The molecule has 16 heavy (non-hydrogen) atoms. The quantitative estimate of drug-likeness (QED) is 0.450. The largest absolute Gasteiger partial charge is 0.494 e. The smallest absolute Gasteiger partial charge is 0.294 e. The highest BCUT2D eigenvalue weighted by atomic mass is 31.1. The normalized spacial score (nSPS) is 10.7. The molecule has 1 aromatic rings. The van der Waals surface area contributed by atoms with E-state index in [2.05, 4.69) is 4.52 Å². The van der Waals surface area contributed by atoms with Gasteiger partial charge in [0, 0.05) is 12.0 Å². The third-order valence-corrected chi connectivity index (χ3v) is 2.77. The van der Waals surface area contributed by atoms with Crippen LogP contribution < -0.4 is 0 Å². The summed E-state index contributed by atoms with van der Waals surface area (Å²) in [6, 6.07) is 3.99. The second-order valence-corrected chi connectivity index (χ2v) is 4.33. The summed E-state index contributed by atoms with van der Waals surface area (Å²) in [7, 11) is -0.795. The first-order valence-corrected chi connectivity index (χ1v) is 5.98. The summed E-state index contributed by atoms with van der Waals surface area (Å²) >= 11 is 0. The van der Waals surface area contributed by atoms with E-state index in [1.54, 1.807) is 0 Å². The van der Waals surface area contributed by atoms with Gasteiger partial charge in [-0.15, -0.1) is 4.52 Å². The highest BCUT2D eigenvalue weighted by Gasteiger charge is 2.13. The van der Waals surface area contributed by atoms with Crippen LogP contribution in [0.15, 0.2) is 12.1 Å². The maximum Gasteiger partial charge on any atom is 0.494 e. The monoisotopic (exact) mass is 239 g/mol. The van der Waals surface area contributed by atoms with Gasteiger partial charge in [-0.1, -0.05) is 17.7 Å². The number of aryl methyl sites for hydroxylation is 3. The lowest BCUT2D eigenvalue weighted by Gasteiger charge is -2.09. The van der Waals surface area contributed by atoms with Gasteiger partial charge in [0.25, 0.3) is 0 Å². The topological polar surface area (TPSA) is 43.4 Å². The van der Waals surface area contributed by atoms with E-state index in [4.69, 9.17) is 0 Å². The van der Waals surface area contributed by atoms with Crippen LogP contribution >= 0.6 is 8.69 Å². The molecule has 1 aromatic carbocycles. The van der Waals surface area contributed by atoms with E-state index in [1.165, 1.54) is 0 Å². The second-order valence-electron chi connectivity index (χ2n) is 3.88. The number of carbonyl (C=O) groups is 1. The highest BCUT2D eigenvalue weighted by molar-refractivity contribution is 7.17. The Balaban J connectivity index is 2.86. The zero-order valence-corrected chi connectivity index (χ0v) is 10.8. The van der Waals surface area contributed by atoms with Crippen molar-refractivity contribution < 1.29 is 13.9 Å². The van der Waals surface area contributed by atoms with Crippen LogP contribution in [0.1, 0.15) is 33.5 Å². The van der Waals surface area contributed by atoms with Crippen LogP contribution in [0.5, 0.6) is 0 Å².